The first kappa shape index (κ1) is 15.6. The monoisotopic (exact) mass is 343 g/mol. The van der Waals surface area contributed by atoms with Crippen LogP contribution in [0.4, 0.5) is 4.39 Å². The average Bonchev–Trinajstić information content (AvgIpc) is 2.91. The van der Waals surface area contributed by atoms with Crippen molar-refractivity contribution in [3.05, 3.63) is 54.1 Å². The van der Waals surface area contributed by atoms with Crippen LogP contribution >= 0.6 is 11.8 Å². The smallest absolute Gasteiger partial charge is 0.154 e. The molecule has 1 fully saturated rings. The Kier molecular flexibility index (Phi) is 3.81. The predicted octanol–water partition coefficient (Wildman–Crippen LogP) is 2.92. The van der Waals surface area contributed by atoms with Crippen LogP contribution in [0.1, 0.15) is 18.4 Å². The topological polar surface area (TPSA) is 71.5 Å². The number of aliphatic hydroxyl groups excluding tert-OH is 1. The summed E-state index contributed by atoms with van der Waals surface area (Å²) in [6.07, 6.45) is 3.78. The van der Waals surface area contributed by atoms with Crippen LogP contribution in [0, 0.1) is 11.7 Å². The highest BCUT2D eigenvalue weighted by Gasteiger charge is 2.50. The summed E-state index contributed by atoms with van der Waals surface area (Å²) < 4.78 is 13.5. The van der Waals surface area contributed by atoms with Gasteiger partial charge in [0.05, 0.1) is 17.8 Å². The largest absolute Gasteiger partial charge is 0.393 e. The van der Waals surface area contributed by atoms with Crippen molar-refractivity contribution in [2.24, 2.45) is 16.6 Å². The van der Waals surface area contributed by atoms with E-state index >= 15 is 0 Å². The van der Waals surface area contributed by atoms with Crippen LogP contribution in [0.25, 0.3) is 11.1 Å². The lowest BCUT2D eigenvalue weighted by Gasteiger charge is -2.35. The van der Waals surface area contributed by atoms with Gasteiger partial charge in [-0.15, -0.1) is 0 Å². The van der Waals surface area contributed by atoms with Crippen molar-refractivity contribution < 1.29 is 9.50 Å². The number of benzene rings is 1. The fraction of sp³-hybridized carbons (Fsp3) is 0.333. The summed E-state index contributed by atoms with van der Waals surface area (Å²) in [7, 11) is 0. The number of aliphatic hydroxyl groups is 1. The molecule has 0 saturated heterocycles. The third-order valence-corrected chi connectivity index (χ3v) is 5.88. The van der Waals surface area contributed by atoms with E-state index in [9.17, 15) is 9.50 Å². The Balaban J connectivity index is 1.81. The summed E-state index contributed by atoms with van der Waals surface area (Å²) in [6.45, 7) is 0. The van der Waals surface area contributed by atoms with Gasteiger partial charge >= 0.3 is 0 Å². The summed E-state index contributed by atoms with van der Waals surface area (Å²) in [5, 5.41) is 10.8. The molecule has 3 atom stereocenters. The molecule has 2 aromatic rings. The maximum absolute atomic E-state index is 13.5. The molecule has 0 amide bonds. The van der Waals surface area contributed by atoms with Crippen LogP contribution in [-0.2, 0) is 5.54 Å². The quantitative estimate of drug-likeness (QED) is 0.879. The SMILES string of the molecule is NC1=NC2(c3cccc(-c4cncc(F)c4)c3)CC(O)CC2CS1. The summed E-state index contributed by atoms with van der Waals surface area (Å²) >= 11 is 1.55. The molecule has 0 radical (unpaired) electrons. The zero-order chi connectivity index (χ0) is 16.7. The number of pyridine rings is 1. The average molecular weight is 343 g/mol. The first-order valence-corrected chi connectivity index (χ1v) is 8.93. The lowest BCUT2D eigenvalue weighted by molar-refractivity contribution is 0.173. The van der Waals surface area contributed by atoms with Crippen molar-refractivity contribution >= 4 is 16.9 Å². The van der Waals surface area contributed by atoms with Gasteiger partial charge in [-0.3, -0.25) is 9.98 Å². The van der Waals surface area contributed by atoms with Crippen LogP contribution in [-0.4, -0.2) is 27.1 Å². The van der Waals surface area contributed by atoms with E-state index in [1.165, 1.54) is 12.3 Å². The van der Waals surface area contributed by atoms with Gasteiger partial charge in [-0.1, -0.05) is 30.0 Å². The summed E-state index contributed by atoms with van der Waals surface area (Å²) in [5.74, 6) is 0.755. The van der Waals surface area contributed by atoms with E-state index in [-0.39, 0.29) is 17.8 Å². The van der Waals surface area contributed by atoms with E-state index < -0.39 is 5.54 Å². The van der Waals surface area contributed by atoms with E-state index in [4.69, 9.17) is 10.7 Å². The Hall–Kier alpha value is -1.92. The minimum absolute atomic E-state index is 0.255. The molecule has 4 rings (SSSR count). The van der Waals surface area contributed by atoms with Gasteiger partial charge in [-0.25, -0.2) is 4.39 Å². The molecule has 124 valence electrons. The molecular weight excluding hydrogens is 325 g/mol. The molecule has 1 aromatic carbocycles. The Bertz CT molecular complexity index is 812. The van der Waals surface area contributed by atoms with E-state index in [2.05, 4.69) is 4.98 Å². The second-order valence-corrected chi connectivity index (χ2v) is 7.49. The minimum Gasteiger partial charge on any atom is -0.393 e. The molecule has 3 N–H and O–H groups in total. The third kappa shape index (κ3) is 2.59. The maximum atomic E-state index is 13.5. The van der Waals surface area contributed by atoms with Crippen molar-refractivity contribution in [1.29, 1.82) is 0 Å². The van der Waals surface area contributed by atoms with Crippen LogP contribution in [0.3, 0.4) is 0 Å². The Morgan fingerprint density at radius 3 is 2.96 bits per heavy atom. The molecule has 1 aromatic heterocycles. The normalized spacial score (nSPS) is 29.2. The van der Waals surface area contributed by atoms with Gasteiger partial charge in [0.25, 0.3) is 0 Å². The first-order chi connectivity index (χ1) is 11.6. The number of amidine groups is 1. The second kappa shape index (κ2) is 5.86. The second-order valence-electron chi connectivity index (χ2n) is 6.45. The zero-order valence-corrected chi connectivity index (χ0v) is 13.8. The van der Waals surface area contributed by atoms with Gasteiger partial charge in [-0.05, 0) is 29.7 Å². The van der Waals surface area contributed by atoms with Crippen molar-refractivity contribution in [1.82, 2.24) is 4.98 Å². The number of aliphatic imine (C=N–C) groups is 1. The molecule has 2 heterocycles. The number of thioether (sulfide) groups is 1. The Morgan fingerprint density at radius 1 is 1.25 bits per heavy atom. The number of rotatable bonds is 2. The Labute approximate surface area is 144 Å². The maximum Gasteiger partial charge on any atom is 0.154 e. The standard InChI is InChI=1S/C18H18FN3OS/c19-15-5-12(8-21-9-15)11-2-1-3-13(4-11)18-7-16(23)6-14(18)10-24-17(20)22-18/h1-5,8-9,14,16,23H,6-7,10H2,(H2,20,22). The molecule has 1 aliphatic heterocycles. The van der Waals surface area contributed by atoms with Gasteiger partial charge in [0.15, 0.2) is 5.17 Å². The summed E-state index contributed by atoms with van der Waals surface area (Å²) in [5.41, 5.74) is 8.16. The fourth-order valence-electron chi connectivity index (χ4n) is 3.85. The molecule has 24 heavy (non-hydrogen) atoms. The number of nitrogens with two attached hydrogens (primary N) is 1. The number of halogens is 1. The van der Waals surface area contributed by atoms with Gasteiger partial charge in [0, 0.05) is 29.9 Å². The van der Waals surface area contributed by atoms with E-state index in [1.807, 2.05) is 24.3 Å². The molecular formula is C18H18FN3OS. The van der Waals surface area contributed by atoms with Crippen molar-refractivity contribution in [2.45, 2.75) is 24.5 Å². The zero-order valence-electron chi connectivity index (χ0n) is 13.0. The highest BCUT2D eigenvalue weighted by molar-refractivity contribution is 8.13. The van der Waals surface area contributed by atoms with Gasteiger partial charge < -0.3 is 10.8 Å². The van der Waals surface area contributed by atoms with Gasteiger partial charge in [-0.2, -0.15) is 0 Å². The van der Waals surface area contributed by atoms with Crippen LogP contribution in [0.5, 0.6) is 0 Å². The number of aromatic nitrogens is 1. The molecule has 2 aliphatic rings. The van der Waals surface area contributed by atoms with Gasteiger partial charge in [0.1, 0.15) is 5.82 Å². The van der Waals surface area contributed by atoms with Crippen molar-refractivity contribution in [3.8, 4) is 11.1 Å². The molecule has 4 nitrogen and oxygen atoms in total. The van der Waals surface area contributed by atoms with E-state index in [0.29, 0.717) is 11.6 Å². The van der Waals surface area contributed by atoms with E-state index in [0.717, 1.165) is 28.9 Å². The third-order valence-electron chi connectivity index (χ3n) is 4.92. The number of hydrogen-bond acceptors (Lipinski definition) is 5. The van der Waals surface area contributed by atoms with Crippen LogP contribution in [0.15, 0.2) is 47.7 Å². The lowest BCUT2D eigenvalue weighted by atomic mass is 9.80. The summed E-state index contributed by atoms with van der Waals surface area (Å²) in [4.78, 5) is 8.68. The molecule has 0 bridgehead atoms. The lowest BCUT2D eigenvalue weighted by Crippen LogP contribution is -2.36. The fourth-order valence-corrected chi connectivity index (χ4v) is 4.86. The van der Waals surface area contributed by atoms with Crippen LogP contribution < -0.4 is 5.73 Å². The van der Waals surface area contributed by atoms with Gasteiger partial charge in [0.2, 0.25) is 0 Å². The molecule has 3 unspecified atom stereocenters. The number of nitrogens with zero attached hydrogens (tertiary/aromatic N) is 2. The number of fused-ring (bicyclic) bond motifs is 1. The minimum atomic E-state index is -0.481. The van der Waals surface area contributed by atoms with Crippen molar-refractivity contribution in [2.75, 3.05) is 5.75 Å². The highest BCUT2D eigenvalue weighted by Crippen LogP contribution is 2.51. The molecule has 6 heteroatoms. The molecule has 1 aliphatic carbocycles. The van der Waals surface area contributed by atoms with Crippen LogP contribution in [0.2, 0.25) is 0 Å². The Morgan fingerprint density at radius 2 is 2.12 bits per heavy atom. The first-order valence-electron chi connectivity index (χ1n) is 7.94. The number of hydrogen-bond donors (Lipinski definition) is 2. The summed E-state index contributed by atoms with van der Waals surface area (Å²) in [6, 6.07) is 9.39. The molecule has 1 saturated carbocycles. The predicted molar refractivity (Wildman–Crippen MR) is 94.1 cm³/mol. The molecule has 0 spiro atoms. The highest BCUT2D eigenvalue weighted by atomic mass is 32.2. The van der Waals surface area contributed by atoms with Crippen molar-refractivity contribution in [3.63, 3.8) is 0 Å². The van der Waals surface area contributed by atoms with E-state index in [1.54, 1.807) is 18.0 Å².